The summed E-state index contributed by atoms with van der Waals surface area (Å²) >= 11 is 4.64. The van der Waals surface area contributed by atoms with Crippen molar-refractivity contribution >= 4 is 27.3 Å². The van der Waals surface area contributed by atoms with Crippen molar-refractivity contribution in [3.05, 3.63) is 56.2 Å². The lowest BCUT2D eigenvalue weighted by Gasteiger charge is -2.13. The summed E-state index contributed by atoms with van der Waals surface area (Å²) in [5, 5.41) is 1.96. The van der Waals surface area contributed by atoms with E-state index in [2.05, 4.69) is 15.9 Å². The zero-order valence-corrected chi connectivity index (χ0v) is 11.2. The van der Waals surface area contributed by atoms with E-state index >= 15 is 0 Å². The molecule has 0 fully saturated rings. The third kappa shape index (κ3) is 2.73. The van der Waals surface area contributed by atoms with E-state index < -0.39 is 11.6 Å². The number of rotatable bonds is 3. The average molecular weight is 318 g/mol. The molecule has 2 N–H and O–H groups in total. The van der Waals surface area contributed by atoms with Crippen LogP contribution in [-0.2, 0) is 6.42 Å². The normalized spacial score (nSPS) is 12.7. The van der Waals surface area contributed by atoms with Gasteiger partial charge in [-0.15, -0.1) is 11.3 Å². The molecule has 0 spiro atoms. The fourth-order valence-corrected chi connectivity index (χ4v) is 2.96. The second-order valence-electron chi connectivity index (χ2n) is 3.65. The Bertz CT molecular complexity index is 513. The molecule has 0 aliphatic rings. The van der Waals surface area contributed by atoms with Crippen LogP contribution in [0.5, 0.6) is 0 Å². The van der Waals surface area contributed by atoms with E-state index in [9.17, 15) is 8.78 Å². The predicted octanol–water partition coefficient (Wildman–Crippen LogP) is 4.03. The molecule has 0 amide bonds. The van der Waals surface area contributed by atoms with Crippen LogP contribution in [0.4, 0.5) is 8.78 Å². The Balaban J connectivity index is 2.25. The molecule has 1 heterocycles. The van der Waals surface area contributed by atoms with E-state index in [-0.39, 0.29) is 10.5 Å². The standard InChI is InChI=1S/C12H10BrF2NS/c13-11-8(3-4-9(14)12(11)15)10(16)6-7-2-1-5-17-7/h1-5,10H,6,16H2. The van der Waals surface area contributed by atoms with E-state index in [1.165, 1.54) is 6.07 Å². The summed E-state index contributed by atoms with van der Waals surface area (Å²) in [5.41, 5.74) is 6.57. The molecule has 0 bridgehead atoms. The molecule has 5 heteroatoms. The van der Waals surface area contributed by atoms with Gasteiger partial charge in [0.05, 0.1) is 4.47 Å². The minimum Gasteiger partial charge on any atom is -0.324 e. The lowest BCUT2D eigenvalue weighted by atomic mass is 10.0. The van der Waals surface area contributed by atoms with E-state index in [1.807, 2.05) is 17.5 Å². The van der Waals surface area contributed by atoms with Gasteiger partial charge in [-0.25, -0.2) is 8.78 Å². The Hall–Kier alpha value is -0.780. The quantitative estimate of drug-likeness (QED) is 0.850. The topological polar surface area (TPSA) is 26.0 Å². The molecule has 90 valence electrons. The predicted molar refractivity (Wildman–Crippen MR) is 69.0 cm³/mol. The molecule has 0 saturated carbocycles. The molecule has 1 atom stereocenters. The summed E-state index contributed by atoms with van der Waals surface area (Å²) in [5.74, 6) is -1.76. The van der Waals surface area contributed by atoms with Crippen LogP contribution in [0.3, 0.4) is 0 Å². The fourth-order valence-electron chi connectivity index (χ4n) is 1.58. The Morgan fingerprint density at radius 2 is 2.06 bits per heavy atom. The van der Waals surface area contributed by atoms with Crippen molar-refractivity contribution in [2.45, 2.75) is 12.5 Å². The van der Waals surface area contributed by atoms with Crippen LogP contribution in [0.25, 0.3) is 0 Å². The van der Waals surface area contributed by atoms with Gasteiger partial charge in [-0.2, -0.15) is 0 Å². The summed E-state index contributed by atoms with van der Waals surface area (Å²) in [6.07, 6.45) is 0.612. The van der Waals surface area contributed by atoms with Crippen molar-refractivity contribution in [1.82, 2.24) is 0 Å². The summed E-state index contributed by atoms with van der Waals surface area (Å²) in [6.45, 7) is 0. The number of hydrogen-bond donors (Lipinski definition) is 1. The number of benzene rings is 1. The smallest absolute Gasteiger partial charge is 0.173 e. The highest BCUT2D eigenvalue weighted by Crippen LogP contribution is 2.29. The monoisotopic (exact) mass is 317 g/mol. The van der Waals surface area contributed by atoms with Crippen LogP contribution in [0, 0.1) is 11.6 Å². The van der Waals surface area contributed by atoms with Gasteiger partial charge in [-0.05, 0) is 39.0 Å². The Kier molecular flexibility index (Phi) is 3.91. The third-order valence-electron chi connectivity index (χ3n) is 2.47. The van der Waals surface area contributed by atoms with Crippen LogP contribution >= 0.6 is 27.3 Å². The molecule has 1 nitrogen and oxygen atoms in total. The van der Waals surface area contributed by atoms with Crippen molar-refractivity contribution < 1.29 is 8.78 Å². The maximum atomic E-state index is 13.4. The van der Waals surface area contributed by atoms with E-state index in [4.69, 9.17) is 5.73 Å². The van der Waals surface area contributed by atoms with Crippen LogP contribution in [0.1, 0.15) is 16.5 Å². The molecule has 2 rings (SSSR count). The zero-order chi connectivity index (χ0) is 12.4. The van der Waals surface area contributed by atoms with Gasteiger partial charge in [0, 0.05) is 17.3 Å². The van der Waals surface area contributed by atoms with Gasteiger partial charge >= 0.3 is 0 Å². The molecule has 17 heavy (non-hydrogen) atoms. The number of hydrogen-bond acceptors (Lipinski definition) is 2. The molecule has 0 saturated heterocycles. The summed E-state index contributed by atoms with van der Waals surface area (Å²) < 4.78 is 26.4. The molecule has 1 unspecified atom stereocenters. The molecular weight excluding hydrogens is 308 g/mol. The minimum atomic E-state index is -0.885. The molecule has 0 aliphatic heterocycles. The Labute approximate surface area is 110 Å². The summed E-state index contributed by atoms with van der Waals surface area (Å²) in [7, 11) is 0. The maximum absolute atomic E-state index is 13.4. The van der Waals surface area contributed by atoms with Gasteiger partial charge in [0.25, 0.3) is 0 Å². The largest absolute Gasteiger partial charge is 0.324 e. The van der Waals surface area contributed by atoms with E-state index in [0.717, 1.165) is 10.9 Å². The van der Waals surface area contributed by atoms with Crippen LogP contribution in [0.2, 0.25) is 0 Å². The first-order valence-electron chi connectivity index (χ1n) is 5.01. The van der Waals surface area contributed by atoms with Gasteiger partial charge in [0.15, 0.2) is 11.6 Å². The number of thiophene rings is 1. The fraction of sp³-hybridized carbons (Fsp3) is 0.167. The third-order valence-corrected chi connectivity index (χ3v) is 4.17. The lowest BCUT2D eigenvalue weighted by molar-refractivity contribution is 0.500. The van der Waals surface area contributed by atoms with Gasteiger partial charge in [0.2, 0.25) is 0 Å². The van der Waals surface area contributed by atoms with Gasteiger partial charge in [0.1, 0.15) is 0 Å². The zero-order valence-electron chi connectivity index (χ0n) is 8.79. The molecule has 2 aromatic rings. The molecule has 0 radical (unpaired) electrons. The van der Waals surface area contributed by atoms with E-state index in [0.29, 0.717) is 12.0 Å². The Morgan fingerprint density at radius 1 is 1.29 bits per heavy atom. The van der Waals surface area contributed by atoms with Gasteiger partial charge < -0.3 is 5.73 Å². The Morgan fingerprint density at radius 3 is 2.71 bits per heavy atom. The van der Waals surface area contributed by atoms with Crippen molar-refractivity contribution in [3.63, 3.8) is 0 Å². The van der Waals surface area contributed by atoms with Gasteiger partial charge in [-0.1, -0.05) is 12.1 Å². The van der Waals surface area contributed by atoms with Crippen molar-refractivity contribution in [3.8, 4) is 0 Å². The molecular formula is C12H10BrF2NS. The minimum absolute atomic E-state index is 0.113. The highest BCUT2D eigenvalue weighted by atomic mass is 79.9. The van der Waals surface area contributed by atoms with Gasteiger partial charge in [-0.3, -0.25) is 0 Å². The maximum Gasteiger partial charge on any atom is 0.173 e. The number of nitrogens with two attached hydrogens (primary N) is 1. The van der Waals surface area contributed by atoms with Crippen LogP contribution in [0.15, 0.2) is 34.1 Å². The lowest BCUT2D eigenvalue weighted by Crippen LogP contribution is -2.14. The highest BCUT2D eigenvalue weighted by molar-refractivity contribution is 9.10. The second kappa shape index (κ2) is 5.25. The average Bonchev–Trinajstić information content (AvgIpc) is 2.78. The van der Waals surface area contributed by atoms with Crippen molar-refractivity contribution in [1.29, 1.82) is 0 Å². The van der Waals surface area contributed by atoms with Crippen LogP contribution < -0.4 is 5.73 Å². The first-order valence-corrected chi connectivity index (χ1v) is 6.68. The molecule has 1 aromatic carbocycles. The van der Waals surface area contributed by atoms with Crippen molar-refractivity contribution in [2.75, 3.05) is 0 Å². The van der Waals surface area contributed by atoms with Crippen LogP contribution in [-0.4, -0.2) is 0 Å². The highest BCUT2D eigenvalue weighted by Gasteiger charge is 2.16. The first-order chi connectivity index (χ1) is 8.09. The summed E-state index contributed by atoms with van der Waals surface area (Å²) in [6, 6.07) is 6.17. The molecule has 0 aliphatic carbocycles. The summed E-state index contributed by atoms with van der Waals surface area (Å²) in [4.78, 5) is 1.12. The first kappa shape index (κ1) is 12.7. The molecule has 1 aromatic heterocycles. The van der Waals surface area contributed by atoms with Crippen molar-refractivity contribution in [2.24, 2.45) is 5.73 Å². The second-order valence-corrected chi connectivity index (χ2v) is 5.48. The number of halogens is 3. The SMILES string of the molecule is NC(Cc1cccs1)c1ccc(F)c(F)c1Br. The van der Waals surface area contributed by atoms with E-state index in [1.54, 1.807) is 11.3 Å².